The molecule has 0 heterocycles. The van der Waals surface area contributed by atoms with Crippen molar-refractivity contribution in [3.8, 4) is 11.5 Å². The molecule has 0 bridgehead atoms. The summed E-state index contributed by atoms with van der Waals surface area (Å²) in [6, 6.07) is 5.77. The first-order valence-electron chi connectivity index (χ1n) is 6.05. The van der Waals surface area contributed by atoms with Gasteiger partial charge in [0.15, 0.2) is 11.5 Å². The van der Waals surface area contributed by atoms with Crippen LogP contribution in [0.25, 0.3) is 0 Å². The highest BCUT2D eigenvalue weighted by molar-refractivity contribution is 7.90. The van der Waals surface area contributed by atoms with E-state index in [4.69, 9.17) is 9.47 Å². The molecule has 0 aromatic heterocycles. The Morgan fingerprint density at radius 2 is 1.79 bits per heavy atom. The van der Waals surface area contributed by atoms with Gasteiger partial charge in [0.25, 0.3) is 0 Å². The molecule has 0 saturated carbocycles. The third-order valence-corrected chi connectivity index (χ3v) is 3.63. The number of benzene rings is 1. The lowest BCUT2D eigenvalue weighted by atomic mass is 10.1. The summed E-state index contributed by atoms with van der Waals surface area (Å²) in [6.45, 7) is 1.21. The molecule has 19 heavy (non-hydrogen) atoms. The van der Waals surface area contributed by atoms with Crippen molar-refractivity contribution in [1.82, 2.24) is 5.32 Å². The molecule has 0 aliphatic rings. The Kier molecular flexibility index (Phi) is 6.11. The number of sulfone groups is 1. The third-order valence-electron chi connectivity index (χ3n) is 2.69. The van der Waals surface area contributed by atoms with Crippen LogP contribution < -0.4 is 14.8 Å². The predicted molar refractivity (Wildman–Crippen MR) is 75.8 cm³/mol. The van der Waals surface area contributed by atoms with Crippen LogP contribution in [-0.4, -0.2) is 47.7 Å². The Hall–Kier alpha value is -1.27. The molecule has 6 heteroatoms. The number of nitrogens with one attached hydrogen (secondary N) is 1. The lowest BCUT2D eigenvalue weighted by molar-refractivity contribution is 0.354. The lowest BCUT2D eigenvalue weighted by Crippen LogP contribution is -2.24. The number of rotatable bonds is 8. The zero-order valence-corrected chi connectivity index (χ0v) is 12.4. The summed E-state index contributed by atoms with van der Waals surface area (Å²) in [5.74, 6) is 1.58. The van der Waals surface area contributed by atoms with E-state index in [-0.39, 0.29) is 5.75 Å². The number of hydrogen-bond donors (Lipinski definition) is 1. The van der Waals surface area contributed by atoms with Gasteiger partial charge in [0.2, 0.25) is 0 Å². The average molecular weight is 287 g/mol. The molecule has 0 unspecified atom stereocenters. The molecule has 1 aromatic carbocycles. The van der Waals surface area contributed by atoms with E-state index in [1.165, 1.54) is 6.26 Å². The van der Waals surface area contributed by atoms with Gasteiger partial charge < -0.3 is 14.8 Å². The van der Waals surface area contributed by atoms with E-state index in [0.717, 1.165) is 18.5 Å². The van der Waals surface area contributed by atoms with Crippen LogP contribution in [0.2, 0.25) is 0 Å². The summed E-state index contributed by atoms with van der Waals surface area (Å²) in [5, 5.41) is 3.11. The van der Waals surface area contributed by atoms with Gasteiger partial charge in [-0.2, -0.15) is 0 Å². The summed E-state index contributed by atoms with van der Waals surface area (Å²) in [7, 11) is 0.317. The van der Waals surface area contributed by atoms with Gasteiger partial charge in [0.05, 0.1) is 20.0 Å². The first-order valence-corrected chi connectivity index (χ1v) is 8.11. The van der Waals surface area contributed by atoms with E-state index in [0.29, 0.717) is 18.0 Å². The average Bonchev–Trinajstić information content (AvgIpc) is 2.36. The topological polar surface area (TPSA) is 64.6 Å². The molecule has 108 valence electrons. The standard InChI is InChI=1S/C13H21NO4S/c1-17-12-5-4-11(10-13(12)18-2)6-7-14-8-9-19(3,15)16/h4-5,10,14H,6-9H2,1-3H3. The third kappa shape index (κ3) is 5.94. The molecule has 0 atom stereocenters. The van der Waals surface area contributed by atoms with Crippen LogP contribution >= 0.6 is 0 Å². The van der Waals surface area contributed by atoms with E-state index in [9.17, 15) is 8.42 Å². The van der Waals surface area contributed by atoms with Gasteiger partial charge >= 0.3 is 0 Å². The molecule has 1 aromatic rings. The Labute approximate surface area is 114 Å². The van der Waals surface area contributed by atoms with Crippen molar-refractivity contribution in [1.29, 1.82) is 0 Å². The van der Waals surface area contributed by atoms with Gasteiger partial charge in [-0.15, -0.1) is 0 Å². The van der Waals surface area contributed by atoms with Crippen molar-refractivity contribution >= 4 is 9.84 Å². The molecule has 1 N–H and O–H groups in total. The van der Waals surface area contributed by atoms with Gasteiger partial charge in [0, 0.05) is 12.8 Å². The molecular formula is C13H21NO4S. The van der Waals surface area contributed by atoms with Crippen molar-refractivity contribution in [3.05, 3.63) is 23.8 Å². The first kappa shape index (κ1) is 15.8. The minimum Gasteiger partial charge on any atom is -0.493 e. The highest BCUT2D eigenvalue weighted by atomic mass is 32.2. The first-order chi connectivity index (χ1) is 8.96. The van der Waals surface area contributed by atoms with Crippen LogP contribution in [0.4, 0.5) is 0 Å². The summed E-state index contributed by atoms with van der Waals surface area (Å²) in [5.41, 5.74) is 1.12. The Balaban J connectivity index is 2.41. The minimum atomic E-state index is -2.89. The molecule has 0 saturated heterocycles. The molecule has 0 fully saturated rings. The SMILES string of the molecule is COc1ccc(CCNCCS(C)(=O)=O)cc1OC. The van der Waals surface area contributed by atoms with E-state index < -0.39 is 9.84 Å². The van der Waals surface area contributed by atoms with Gasteiger partial charge in [-0.05, 0) is 30.7 Å². The van der Waals surface area contributed by atoms with Gasteiger partial charge in [-0.1, -0.05) is 6.07 Å². The lowest BCUT2D eigenvalue weighted by Gasteiger charge is -2.10. The Morgan fingerprint density at radius 1 is 1.11 bits per heavy atom. The monoisotopic (exact) mass is 287 g/mol. The van der Waals surface area contributed by atoms with E-state index >= 15 is 0 Å². The van der Waals surface area contributed by atoms with E-state index in [1.54, 1.807) is 14.2 Å². The van der Waals surface area contributed by atoms with Crippen LogP contribution in [0.15, 0.2) is 18.2 Å². The van der Waals surface area contributed by atoms with Gasteiger partial charge in [0.1, 0.15) is 9.84 Å². The maximum Gasteiger partial charge on any atom is 0.160 e. The maximum atomic E-state index is 10.9. The zero-order chi connectivity index (χ0) is 14.3. The molecule has 0 aliphatic carbocycles. The summed E-state index contributed by atoms with van der Waals surface area (Å²) in [4.78, 5) is 0. The van der Waals surface area contributed by atoms with E-state index in [1.807, 2.05) is 18.2 Å². The molecule has 1 rings (SSSR count). The van der Waals surface area contributed by atoms with Crippen LogP contribution in [0.3, 0.4) is 0 Å². The fourth-order valence-corrected chi connectivity index (χ4v) is 2.17. The smallest absolute Gasteiger partial charge is 0.160 e. The highest BCUT2D eigenvalue weighted by Crippen LogP contribution is 2.27. The Morgan fingerprint density at radius 3 is 2.37 bits per heavy atom. The second-order valence-electron chi connectivity index (χ2n) is 4.32. The van der Waals surface area contributed by atoms with Gasteiger partial charge in [-0.25, -0.2) is 8.42 Å². The molecular weight excluding hydrogens is 266 g/mol. The summed E-state index contributed by atoms with van der Waals surface area (Å²) >= 11 is 0. The molecule has 0 spiro atoms. The van der Waals surface area contributed by atoms with Crippen molar-refractivity contribution in [2.75, 3.05) is 39.3 Å². The van der Waals surface area contributed by atoms with Crippen molar-refractivity contribution < 1.29 is 17.9 Å². The van der Waals surface area contributed by atoms with Gasteiger partial charge in [-0.3, -0.25) is 0 Å². The van der Waals surface area contributed by atoms with Crippen LogP contribution in [0, 0.1) is 0 Å². The number of hydrogen-bond acceptors (Lipinski definition) is 5. The fraction of sp³-hybridized carbons (Fsp3) is 0.538. The Bertz CT molecular complexity index is 499. The number of ether oxygens (including phenoxy) is 2. The predicted octanol–water partition coefficient (Wildman–Crippen LogP) is 0.880. The minimum absolute atomic E-state index is 0.166. The summed E-state index contributed by atoms with van der Waals surface area (Å²) < 4.78 is 32.3. The normalized spacial score (nSPS) is 11.3. The molecule has 5 nitrogen and oxygen atoms in total. The number of methoxy groups -OCH3 is 2. The highest BCUT2D eigenvalue weighted by Gasteiger charge is 2.04. The van der Waals surface area contributed by atoms with Crippen molar-refractivity contribution in [2.24, 2.45) is 0 Å². The second kappa shape index (κ2) is 7.35. The quantitative estimate of drug-likeness (QED) is 0.719. The zero-order valence-electron chi connectivity index (χ0n) is 11.6. The van der Waals surface area contributed by atoms with Crippen LogP contribution in [0.1, 0.15) is 5.56 Å². The largest absolute Gasteiger partial charge is 0.493 e. The second-order valence-corrected chi connectivity index (χ2v) is 6.58. The van der Waals surface area contributed by atoms with Crippen molar-refractivity contribution in [2.45, 2.75) is 6.42 Å². The van der Waals surface area contributed by atoms with Crippen LogP contribution in [0.5, 0.6) is 11.5 Å². The fourth-order valence-electron chi connectivity index (χ4n) is 1.65. The van der Waals surface area contributed by atoms with Crippen LogP contribution in [-0.2, 0) is 16.3 Å². The summed E-state index contributed by atoms with van der Waals surface area (Å²) in [6.07, 6.45) is 2.05. The maximum absolute atomic E-state index is 10.9. The van der Waals surface area contributed by atoms with E-state index in [2.05, 4.69) is 5.32 Å². The molecule has 0 amide bonds. The molecule has 0 radical (unpaired) electrons. The molecule has 0 aliphatic heterocycles. The van der Waals surface area contributed by atoms with Crippen molar-refractivity contribution in [3.63, 3.8) is 0 Å².